The molecular formula is C14H14F3N3O3. The fourth-order valence-corrected chi connectivity index (χ4v) is 1.78. The van der Waals surface area contributed by atoms with Crippen molar-refractivity contribution in [1.82, 2.24) is 15.0 Å². The SMILES string of the molecule is Cc1cc(CN(C)C(=O)c2ccc(OCC(F)(F)F)nc2)no1. The molecule has 2 aromatic rings. The van der Waals surface area contributed by atoms with Gasteiger partial charge in [-0.1, -0.05) is 5.16 Å². The number of aromatic nitrogens is 2. The monoisotopic (exact) mass is 329 g/mol. The second-order valence-corrected chi connectivity index (χ2v) is 4.88. The molecule has 0 aromatic carbocycles. The number of pyridine rings is 1. The van der Waals surface area contributed by atoms with Crippen molar-refractivity contribution in [3.63, 3.8) is 0 Å². The molecule has 0 fully saturated rings. The van der Waals surface area contributed by atoms with Gasteiger partial charge in [0.15, 0.2) is 6.61 Å². The molecule has 2 rings (SSSR count). The molecule has 2 aromatic heterocycles. The summed E-state index contributed by atoms with van der Waals surface area (Å²) in [5.74, 6) is 0.0860. The highest BCUT2D eigenvalue weighted by molar-refractivity contribution is 5.93. The number of alkyl halides is 3. The number of nitrogens with zero attached hydrogens (tertiary/aromatic N) is 3. The standard InChI is InChI=1S/C14H14F3N3O3/c1-9-5-11(19-23-9)7-20(2)13(21)10-3-4-12(18-6-10)22-8-14(15,16)17/h3-6H,7-8H2,1-2H3. The third kappa shape index (κ3) is 4.97. The van der Waals surface area contributed by atoms with Gasteiger partial charge in [-0.3, -0.25) is 4.79 Å². The van der Waals surface area contributed by atoms with E-state index in [9.17, 15) is 18.0 Å². The highest BCUT2D eigenvalue weighted by atomic mass is 19.4. The third-order valence-corrected chi connectivity index (χ3v) is 2.79. The Balaban J connectivity index is 1.96. The van der Waals surface area contributed by atoms with Gasteiger partial charge in [-0.15, -0.1) is 0 Å². The van der Waals surface area contributed by atoms with E-state index < -0.39 is 12.8 Å². The number of halogens is 3. The van der Waals surface area contributed by atoms with Crippen LogP contribution in [0.25, 0.3) is 0 Å². The van der Waals surface area contributed by atoms with Crippen LogP contribution in [0.4, 0.5) is 13.2 Å². The molecule has 2 heterocycles. The Hall–Kier alpha value is -2.58. The average Bonchev–Trinajstić information content (AvgIpc) is 2.89. The van der Waals surface area contributed by atoms with Crippen LogP contribution in [0.2, 0.25) is 0 Å². The average molecular weight is 329 g/mol. The van der Waals surface area contributed by atoms with Gasteiger partial charge in [0.05, 0.1) is 12.1 Å². The van der Waals surface area contributed by atoms with Gasteiger partial charge in [0.2, 0.25) is 5.88 Å². The Morgan fingerprint density at radius 2 is 2.13 bits per heavy atom. The number of hydrogen-bond acceptors (Lipinski definition) is 5. The van der Waals surface area contributed by atoms with Crippen LogP contribution in [-0.4, -0.2) is 40.8 Å². The summed E-state index contributed by atoms with van der Waals surface area (Å²) in [7, 11) is 1.57. The van der Waals surface area contributed by atoms with Crippen molar-refractivity contribution in [2.24, 2.45) is 0 Å². The zero-order chi connectivity index (χ0) is 17.0. The summed E-state index contributed by atoms with van der Waals surface area (Å²) < 4.78 is 45.5. The molecule has 124 valence electrons. The van der Waals surface area contributed by atoms with Gasteiger partial charge in [0.1, 0.15) is 11.5 Å². The maximum Gasteiger partial charge on any atom is 0.422 e. The summed E-state index contributed by atoms with van der Waals surface area (Å²) >= 11 is 0. The van der Waals surface area contributed by atoms with Gasteiger partial charge in [0.25, 0.3) is 5.91 Å². The smallest absolute Gasteiger partial charge is 0.422 e. The maximum absolute atomic E-state index is 12.2. The molecule has 0 bridgehead atoms. The molecule has 0 atom stereocenters. The Bertz CT molecular complexity index is 668. The minimum atomic E-state index is -4.44. The van der Waals surface area contributed by atoms with Crippen LogP contribution in [0, 0.1) is 6.92 Å². The lowest BCUT2D eigenvalue weighted by Gasteiger charge is -2.15. The van der Waals surface area contributed by atoms with Crippen LogP contribution in [0.1, 0.15) is 21.8 Å². The third-order valence-electron chi connectivity index (χ3n) is 2.79. The molecule has 0 saturated carbocycles. The number of aryl methyl sites for hydroxylation is 1. The molecule has 0 saturated heterocycles. The number of amides is 1. The van der Waals surface area contributed by atoms with Gasteiger partial charge in [-0.05, 0) is 13.0 Å². The number of carbonyl (C=O) groups excluding carboxylic acids is 1. The molecule has 1 amide bonds. The highest BCUT2D eigenvalue weighted by Gasteiger charge is 2.28. The van der Waals surface area contributed by atoms with E-state index in [1.165, 1.54) is 23.2 Å². The highest BCUT2D eigenvalue weighted by Crippen LogP contribution is 2.17. The van der Waals surface area contributed by atoms with E-state index in [4.69, 9.17) is 4.52 Å². The molecule has 0 aliphatic rings. The van der Waals surface area contributed by atoms with Crippen LogP contribution in [0.5, 0.6) is 5.88 Å². The van der Waals surface area contributed by atoms with Crippen molar-refractivity contribution in [2.45, 2.75) is 19.6 Å². The van der Waals surface area contributed by atoms with Gasteiger partial charge >= 0.3 is 6.18 Å². The van der Waals surface area contributed by atoms with Crippen molar-refractivity contribution in [2.75, 3.05) is 13.7 Å². The van der Waals surface area contributed by atoms with Crippen molar-refractivity contribution in [3.05, 3.63) is 41.4 Å². The summed E-state index contributed by atoms with van der Waals surface area (Å²) in [5.41, 5.74) is 0.823. The summed E-state index contributed by atoms with van der Waals surface area (Å²) in [6.07, 6.45) is -3.27. The van der Waals surface area contributed by atoms with Crippen LogP contribution in [-0.2, 0) is 6.54 Å². The van der Waals surface area contributed by atoms with Gasteiger partial charge < -0.3 is 14.2 Å². The molecule has 0 aliphatic heterocycles. The number of hydrogen-bond donors (Lipinski definition) is 0. The van der Waals surface area contributed by atoms with Gasteiger partial charge in [-0.2, -0.15) is 13.2 Å². The predicted octanol–water partition coefficient (Wildman–Crippen LogP) is 2.59. The van der Waals surface area contributed by atoms with Crippen LogP contribution in [0.3, 0.4) is 0 Å². The lowest BCUT2D eigenvalue weighted by atomic mass is 10.2. The fraction of sp³-hybridized carbons (Fsp3) is 0.357. The molecule has 0 N–H and O–H groups in total. The Labute approximate surface area is 129 Å². The van der Waals surface area contributed by atoms with Crippen molar-refractivity contribution in [1.29, 1.82) is 0 Å². The minimum absolute atomic E-state index is 0.200. The van der Waals surface area contributed by atoms with E-state index in [-0.39, 0.29) is 23.9 Å². The Kier molecular flexibility index (Phi) is 4.87. The number of rotatable bonds is 5. The van der Waals surface area contributed by atoms with Crippen molar-refractivity contribution in [3.8, 4) is 5.88 Å². The van der Waals surface area contributed by atoms with Crippen LogP contribution in [0.15, 0.2) is 28.9 Å². The number of carbonyl (C=O) groups is 1. The first kappa shape index (κ1) is 16.8. The predicted molar refractivity (Wildman–Crippen MR) is 72.8 cm³/mol. The van der Waals surface area contributed by atoms with E-state index in [0.29, 0.717) is 11.5 Å². The van der Waals surface area contributed by atoms with E-state index >= 15 is 0 Å². The lowest BCUT2D eigenvalue weighted by Crippen LogP contribution is -2.26. The van der Waals surface area contributed by atoms with Crippen LogP contribution >= 0.6 is 0 Å². The van der Waals surface area contributed by atoms with Gasteiger partial charge in [0, 0.05) is 25.4 Å². The normalized spacial score (nSPS) is 11.3. The quantitative estimate of drug-likeness (QED) is 0.843. The van der Waals surface area contributed by atoms with Crippen molar-refractivity contribution < 1.29 is 27.2 Å². The molecule has 6 nitrogen and oxygen atoms in total. The molecule has 0 unspecified atom stereocenters. The number of ether oxygens (including phenoxy) is 1. The first-order chi connectivity index (χ1) is 10.7. The topological polar surface area (TPSA) is 68.5 Å². The summed E-state index contributed by atoms with van der Waals surface area (Å²) in [5, 5.41) is 3.78. The Morgan fingerprint density at radius 3 is 2.65 bits per heavy atom. The van der Waals surface area contributed by atoms with Crippen molar-refractivity contribution >= 4 is 5.91 Å². The van der Waals surface area contributed by atoms with Crippen LogP contribution < -0.4 is 4.74 Å². The maximum atomic E-state index is 12.2. The molecule has 23 heavy (non-hydrogen) atoms. The first-order valence-corrected chi connectivity index (χ1v) is 6.58. The second kappa shape index (κ2) is 6.67. The molecule has 0 spiro atoms. The lowest BCUT2D eigenvalue weighted by molar-refractivity contribution is -0.154. The van der Waals surface area contributed by atoms with E-state index in [1.807, 2.05) is 0 Å². The Morgan fingerprint density at radius 1 is 1.39 bits per heavy atom. The summed E-state index contributed by atoms with van der Waals surface area (Å²) in [6.45, 7) is 0.545. The minimum Gasteiger partial charge on any atom is -0.468 e. The van der Waals surface area contributed by atoms with E-state index in [2.05, 4.69) is 14.9 Å². The fourth-order valence-electron chi connectivity index (χ4n) is 1.78. The largest absolute Gasteiger partial charge is 0.468 e. The molecule has 0 radical (unpaired) electrons. The molecule has 0 aliphatic carbocycles. The van der Waals surface area contributed by atoms with E-state index in [0.717, 1.165) is 0 Å². The van der Waals surface area contributed by atoms with E-state index in [1.54, 1.807) is 20.0 Å². The summed E-state index contributed by atoms with van der Waals surface area (Å²) in [6, 6.07) is 4.27. The zero-order valence-electron chi connectivity index (χ0n) is 12.4. The molecule has 9 heteroatoms. The first-order valence-electron chi connectivity index (χ1n) is 6.58. The summed E-state index contributed by atoms with van der Waals surface area (Å²) in [4.78, 5) is 17.3. The molecular weight excluding hydrogens is 315 g/mol. The second-order valence-electron chi connectivity index (χ2n) is 4.88. The zero-order valence-corrected chi connectivity index (χ0v) is 12.4. The van der Waals surface area contributed by atoms with Gasteiger partial charge in [-0.25, -0.2) is 4.98 Å².